The Morgan fingerprint density at radius 1 is 1.12 bits per heavy atom. The van der Waals surface area contributed by atoms with E-state index >= 15 is 0 Å². The van der Waals surface area contributed by atoms with Gasteiger partial charge in [-0.1, -0.05) is 0 Å². The third-order valence-electron chi connectivity index (χ3n) is 5.40. The molecule has 0 radical (unpaired) electrons. The lowest BCUT2D eigenvalue weighted by Crippen LogP contribution is -2.49. The minimum atomic E-state index is -0.0552. The van der Waals surface area contributed by atoms with Crippen LogP contribution in [0.1, 0.15) is 36.0 Å². The molecule has 25 heavy (non-hydrogen) atoms. The first kappa shape index (κ1) is 17.9. The average molecular weight is 344 g/mol. The molecule has 1 unspecified atom stereocenters. The van der Waals surface area contributed by atoms with E-state index in [1.807, 2.05) is 16.8 Å². The SMILES string of the molecule is CNCC1CCN(C(=O)C2CCCN(C(=O)c3ccncc3)C2)CC1. The molecule has 2 aliphatic heterocycles. The summed E-state index contributed by atoms with van der Waals surface area (Å²) in [5.74, 6) is 0.855. The number of hydrogen-bond acceptors (Lipinski definition) is 4. The van der Waals surface area contributed by atoms with Crippen molar-refractivity contribution in [3.63, 3.8) is 0 Å². The first-order valence-corrected chi connectivity index (χ1v) is 9.31. The van der Waals surface area contributed by atoms with Crippen LogP contribution in [0.3, 0.4) is 0 Å². The molecule has 0 saturated carbocycles. The summed E-state index contributed by atoms with van der Waals surface area (Å²) in [6, 6.07) is 3.47. The number of amides is 2. The summed E-state index contributed by atoms with van der Waals surface area (Å²) in [6.45, 7) is 3.99. The number of piperidine rings is 2. The molecule has 3 heterocycles. The highest BCUT2D eigenvalue weighted by atomic mass is 16.2. The normalized spacial score (nSPS) is 22.0. The van der Waals surface area contributed by atoms with Crippen molar-refractivity contribution in [2.45, 2.75) is 25.7 Å². The maximum atomic E-state index is 12.9. The summed E-state index contributed by atoms with van der Waals surface area (Å²) in [5.41, 5.74) is 0.649. The second-order valence-corrected chi connectivity index (χ2v) is 7.15. The fourth-order valence-electron chi connectivity index (χ4n) is 3.94. The van der Waals surface area contributed by atoms with Gasteiger partial charge in [0.05, 0.1) is 5.92 Å². The van der Waals surface area contributed by atoms with Crippen LogP contribution in [-0.2, 0) is 4.79 Å². The van der Waals surface area contributed by atoms with Gasteiger partial charge in [0.1, 0.15) is 0 Å². The molecule has 2 amide bonds. The van der Waals surface area contributed by atoms with Gasteiger partial charge in [-0.05, 0) is 57.3 Å². The van der Waals surface area contributed by atoms with E-state index in [1.54, 1.807) is 24.5 Å². The van der Waals surface area contributed by atoms with Crippen molar-refractivity contribution in [3.8, 4) is 0 Å². The Kier molecular flexibility index (Phi) is 6.02. The van der Waals surface area contributed by atoms with Crippen molar-refractivity contribution in [1.29, 1.82) is 0 Å². The molecule has 1 N–H and O–H groups in total. The zero-order chi connectivity index (χ0) is 17.6. The third kappa shape index (κ3) is 4.37. The van der Waals surface area contributed by atoms with Crippen LogP contribution in [0.15, 0.2) is 24.5 Å². The minimum Gasteiger partial charge on any atom is -0.342 e. The number of rotatable bonds is 4. The largest absolute Gasteiger partial charge is 0.342 e. The van der Waals surface area contributed by atoms with E-state index in [1.165, 1.54) is 0 Å². The molecule has 3 rings (SSSR count). The number of likely N-dealkylation sites (tertiary alicyclic amines) is 2. The van der Waals surface area contributed by atoms with E-state index in [9.17, 15) is 9.59 Å². The van der Waals surface area contributed by atoms with Gasteiger partial charge in [-0.15, -0.1) is 0 Å². The van der Waals surface area contributed by atoms with Crippen LogP contribution in [0.2, 0.25) is 0 Å². The lowest BCUT2D eigenvalue weighted by Gasteiger charge is -2.38. The topological polar surface area (TPSA) is 65.5 Å². The minimum absolute atomic E-state index is 0.00706. The van der Waals surface area contributed by atoms with Gasteiger partial charge in [0.15, 0.2) is 0 Å². The van der Waals surface area contributed by atoms with Crippen LogP contribution >= 0.6 is 0 Å². The lowest BCUT2D eigenvalue weighted by atomic mass is 9.92. The molecule has 0 bridgehead atoms. The van der Waals surface area contributed by atoms with Crippen LogP contribution in [0.25, 0.3) is 0 Å². The van der Waals surface area contributed by atoms with Gasteiger partial charge < -0.3 is 15.1 Å². The van der Waals surface area contributed by atoms with Crippen LogP contribution in [-0.4, -0.2) is 66.4 Å². The van der Waals surface area contributed by atoms with E-state index in [0.717, 1.165) is 51.9 Å². The number of nitrogens with zero attached hydrogens (tertiary/aromatic N) is 3. The highest BCUT2D eigenvalue weighted by Crippen LogP contribution is 2.24. The van der Waals surface area contributed by atoms with Crippen molar-refractivity contribution < 1.29 is 9.59 Å². The molecular formula is C19H28N4O2. The Labute approximate surface area is 149 Å². The van der Waals surface area contributed by atoms with Crippen LogP contribution in [0.5, 0.6) is 0 Å². The Morgan fingerprint density at radius 3 is 2.52 bits per heavy atom. The smallest absolute Gasteiger partial charge is 0.253 e. The summed E-state index contributed by atoms with van der Waals surface area (Å²) in [5, 5.41) is 3.23. The molecule has 1 atom stereocenters. The molecule has 6 heteroatoms. The molecule has 1 aromatic heterocycles. The Hall–Kier alpha value is -1.95. The van der Waals surface area contributed by atoms with Crippen molar-refractivity contribution in [2.75, 3.05) is 39.8 Å². The number of carbonyl (C=O) groups excluding carboxylic acids is 2. The Morgan fingerprint density at radius 2 is 1.84 bits per heavy atom. The van der Waals surface area contributed by atoms with E-state index in [4.69, 9.17) is 0 Å². The van der Waals surface area contributed by atoms with E-state index in [0.29, 0.717) is 18.0 Å². The lowest BCUT2D eigenvalue weighted by molar-refractivity contribution is -0.138. The van der Waals surface area contributed by atoms with Crippen molar-refractivity contribution in [3.05, 3.63) is 30.1 Å². The summed E-state index contributed by atoms with van der Waals surface area (Å²) in [7, 11) is 1.98. The number of hydrogen-bond donors (Lipinski definition) is 1. The average Bonchev–Trinajstić information content (AvgIpc) is 2.68. The van der Waals surface area contributed by atoms with Gasteiger partial charge in [0, 0.05) is 44.1 Å². The first-order chi connectivity index (χ1) is 12.2. The van der Waals surface area contributed by atoms with E-state index in [-0.39, 0.29) is 17.7 Å². The highest BCUT2D eigenvalue weighted by molar-refractivity contribution is 5.94. The first-order valence-electron chi connectivity index (χ1n) is 9.31. The number of pyridine rings is 1. The summed E-state index contributed by atoms with van der Waals surface area (Å²) < 4.78 is 0. The van der Waals surface area contributed by atoms with Crippen LogP contribution in [0, 0.1) is 11.8 Å². The predicted octanol–water partition coefficient (Wildman–Crippen LogP) is 1.39. The van der Waals surface area contributed by atoms with Crippen molar-refractivity contribution in [2.24, 2.45) is 11.8 Å². The monoisotopic (exact) mass is 344 g/mol. The Bertz CT molecular complexity index is 584. The van der Waals surface area contributed by atoms with Crippen molar-refractivity contribution >= 4 is 11.8 Å². The van der Waals surface area contributed by atoms with E-state index < -0.39 is 0 Å². The maximum Gasteiger partial charge on any atom is 0.253 e. The molecule has 0 aliphatic carbocycles. The van der Waals surface area contributed by atoms with Gasteiger partial charge in [-0.25, -0.2) is 0 Å². The quantitative estimate of drug-likeness (QED) is 0.896. The Balaban J connectivity index is 1.56. The molecular weight excluding hydrogens is 316 g/mol. The third-order valence-corrected chi connectivity index (χ3v) is 5.40. The second-order valence-electron chi connectivity index (χ2n) is 7.15. The fraction of sp³-hybridized carbons (Fsp3) is 0.632. The zero-order valence-corrected chi connectivity index (χ0v) is 15.0. The maximum absolute atomic E-state index is 12.9. The molecule has 1 aromatic rings. The van der Waals surface area contributed by atoms with Crippen molar-refractivity contribution in [1.82, 2.24) is 20.1 Å². The predicted molar refractivity (Wildman–Crippen MR) is 96.1 cm³/mol. The molecule has 2 fully saturated rings. The summed E-state index contributed by atoms with van der Waals surface area (Å²) in [4.78, 5) is 33.3. The number of aromatic nitrogens is 1. The number of carbonyl (C=O) groups is 2. The van der Waals surface area contributed by atoms with Gasteiger partial charge in [0.2, 0.25) is 5.91 Å². The van der Waals surface area contributed by atoms with Crippen LogP contribution in [0.4, 0.5) is 0 Å². The van der Waals surface area contributed by atoms with Gasteiger partial charge >= 0.3 is 0 Å². The fourth-order valence-corrected chi connectivity index (χ4v) is 3.94. The highest BCUT2D eigenvalue weighted by Gasteiger charge is 2.33. The van der Waals surface area contributed by atoms with E-state index in [2.05, 4.69) is 10.3 Å². The van der Waals surface area contributed by atoms with Crippen LogP contribution < -0.4 is 5.32 Å². The molecule has 2 saturated heterocycles. The molecule has 2 aliphatic rings. The van der Waals surface area contributed by atoms with Gasteiger partial charge in [-0.3, -0.25) is 14.6 Å². The standard InChI is InChI=1S/C19H28N4O2/c1-20-13-15-6-11-22(12-7-15)19(25)17-3-2-10-23(14-17)18(24)16-4-8-21-9-5-16/h4-5,8-9,15,17,20H,2-3,6-7,10-14H2,1H3. The molecule has 136 valence electrons. The van der Waals surface area contributed by atoms with Gasteiger partial charge in [0.25, 0.3) is 5.91 Å². The molecule has 6 nitrogen and oxygen atoms in total. The summed E-state index contributed by atoms with van der Waals surface area (Å²) in [6.07, 6.45) is 7.18. The molecule has 0 spiro atoms. The van der Waals surface area contributed by atoms with Gasteiger partial charge in [-0.2, -0.15) is 0 Å². The zero-order valence-electron chi connectivity index (χ0n) is 15.0. The second kappa shape index (κ2) is 8.43. The summed E-state index contributed by atoms with van der Waals surface area (Å²) >= 11 is 0. The number of nitrogens with one attached hydrogen (secondary N) is 1. The molecule has 0 aromatic carbocycles.